The average molecular weight is 318 g/mol. The van der Waals surface area contributed by atoms with Crippen LogP contribution >= 0.6 is 15.9 Å². The molecule has 1 fully saturated rings. The quantitative estimate of drug-likeness (QED) is 0.938. The summed E-state index contributed by atoms with van der Waals surface area (Å²) in [5.41, 5.74) is 3.31. The molecule has 3 nitrogen and oxygen atoms in total. The third-order valence-corrected chi connectivity index (χ3v) is 4.15. The Hall–Kier alpha value is -1.26. The van der Waals surface area contributed by atoms with Crippen molar-refractivity contribution in [1.82, 2.24) is 15.3 Å². The molecule has 4 heteroatoms. The predicted octanol–water partition coefficient (Wildman–Crippen LogP) is 3.47. The van der Waals surface area contributed by atoms with Crippen molar-refractivity contribution < 1.29 is 0 Å². The number of nitrogens with one attached hydrogen (secondary N) is 1. The Morgan fingerprint density at radius 3 is 2.89 bits per heavy atom. The highest BCUT2D eigenvalue weighted by Crippen LogP contribution is 2.23. The Balaban J connectivity index is 1.82. The number of hydrogen-bond donors (Lipinski definition) is 1. The van der Waals surface area contributed by atoms with Gasteiger partial charge in [0.25, 0.3) is 0 Å². The smallest absolute Gasteiger partial charge is 0.159 e. The molecule has 1 aliphatic carbocycles. The van der Waals surface area contributed by atoms with Gasteiger partial charge in [0.15, 0.2) is 5.82 Å². The highest BCUT2D eigenvalue weighted by Gasteiger charge is 2.20. The van der Waals surface area contributed by atoms with E-state index in [1.54, 1.807) is 0 Å². The fourth-order valence-corrected chi connectivity index (χ4v) is 2.28. The van der Waals surface area contributed by atoms with E-state index in [0.717, 1.165) is 28.1 Å². The maximum atomic E-state index is 4.62. The zero-order valence-electron chi connectivity index (χ0n) is 10.9. The van der Waals surface area contributed by atoms with Crippen LogP contribution in [0.15, 0.2) is 34.9 Å². The summed E-state index contributed by atoms with van der Waals surface area (Å²) in [6, 6.07) is 8.89. The molecule has 1 aromatic heterocycles. The molecule has 19 heavy (non-hydrogen) atoms. The topological polar surface area (TPSA) is 37.8 Å². The summed E-state index contributed by atoms with van der Waals surface area (Å²) in [5.74, 6) is 0.788. The summed E-state index contributed by atoms with van der Waals surface area (Å²) >= 11 is 3.55. The minimum absolute atomic E-state index is 0.701. The van der Waals surface area contributed by atoms with E-state index in [4.69, 9.17) is 0 Å². The average Bonchev–Trinajstić information content (AvgIpc) is 3.24. The van der Waals surface area contributed by atoms with Crippen LogP contribution < -0.4 is 5.32 Å². The second-order valence-electron chi connectivity index (χ2n) is 4.99. The third kappa shape index (κ3) is 3.19. The number of aryl methyl sites for hydroxylation is 1. The molecule has 0 unspecified atom stereocenters. The second-order valence-corrected chi connectivity index (χ2v) is 5.85. The lowest BCUT2D eigenvalue weighted by atomic mass is 10.1. The Labute approximate surface area is 121 Å². The van der Waals surface area contributed by atoms with Gasteiger partial charge in [-0.15, -0.1) is 0 Å². The van der Waals surface area contributed by atoms with Crippen LogP contribution in [0.2, 0.25) is 0 Å². The Morgan fingerprint density at radius 1 is 1.32 bits per heavy atom. The van der Waals surface area contributed by atoms with Gasteiger partial charge in [-0.3, -0.25) is 0 Å². The van der Waals surface area contributed by atoms with E-state index in [1.165, 1.54) is 18.4 Å². The number of nitrogens with zero attached hydrogens (tertiary/aromatic N) is 2. The highest BCUT2D eigenvalue weighted by molar-refractivity contribution is 9.10. The van der Waals surface area contributed by atoms with Crippen molar-refractivity contribution >= 4 is 15.9 Å². The second kappa shape index (κ2) is 5.39. The number of hydrogen-bond acceptors (Lipinski definition) is 3. The van der Waals surface area contributed by atoms with Crippen molar-refractivity contribution in [2.75, 3.05) is 0 Å². The van der Waals surface area contributed by atoms with Crippen LogP contribution in [-0.4, -0.2) is 16.0 Å². The normalized spacial score (nSPS) is 14.6. The van der Waals surface area contributed by atoms with Crippen molar-refractivity contribution in [2.45, 2.75) is 32.4 Å². The first-order valence-electron chi connectivity index (χ1n) is 6.54. The minimum atomic E-state index is 0.701. The van der Waals surface area contributed by atoms with Gasteiger partial charge < -0.3 is 5.32 Å². The fraction of sp³-hybridized carbons (Fsp3) is 0.333. The van der Waals surface area contributed by atoms with Gasteiger partial charge >= 0.3 is 0 Å². The molecule has 1 aliphatic rings. The minimum Gasteiger partial charge on any atom is -0.308 e. The lowest BCUT2D eigenvalue weighted by molar-refractivity contribution is 0.673. The number of halogens is 1. The van der Waals surface area contributed by atoms with E-state index >= 15 is 0 Å². The molecule has 0 amide bonds. The predicted molar refractivity (Wildman–Crippen MR) is 79.8 cm³/mol. The summed E-state index contributed by atoms with van der Waals surface area (Å²) in [4.78, 5) is 8.98. The van der Waals surface area contributed by atoms with Gasteiger partial charge in [0.2, 0.25) is 0 Å². The van der Waals surface area contributed by atoms with Crippen LogP contribution in [0.5, 0.6) is 0 Å². The van der Waals surface area contributed by atoms with Crippen molar-refractivity contribution in [3.63, 3.8) is 0 Å². The maximum absolute atomic E-state index is 4.62. The van der Waals surface area contributed by atoms with E-state index in [1.807, 2.05) is 12.3 Å². The molecule has 1 saturated carbocycles. The van der Waals surface area contributed by atoms with E-state index in [-0.39, 0.29) is 0 Å². The van der Waals surface area contributed by atoms with Crippen molar-refractivity contribution in [2.24, 2.45) is 0 Å². The number of benzene rings is 1. The van der Waals surface area contributed by atoms with E-state index in [2.05, 4.69) is 56.3 Å². The van der Waals surface area contributed by atoms with E-state index < -0.39 is 0 Å². The first-order valence-corrected chi connectivity index (χ1v) is 7.33. The Kier molecular flexibility index (Phi) is 3.62. The SMILES string of the molecule is Cc1ccc(-c2nccc(CNC3CC3)n2)cc1Br. The Morgan fingerprint density at radius 2 is 2.16 bits per heavy atom. The first kappa shape index (κ1) is 12.8. The molecule has 0 atom stereocenters. The third-order valence-electron chi connectivity index (χ3n) is 3.29. The van der Waals surface area contributed by atoms with Crippen LogP contribution in [0.25, 0.3) is 11.4 Å². The van der Waals surface area contributed by atoms with Crippen LogP contribution in [0.1, 0.15) is 24.1 Å². The summed E-state index contributed by atoms with van der Waals surface area (Å²) in [6.45, 7) is 2.90. The van der Waals surface area contributed by atoms with Crippen LogP contribution in [0, 0.1) is 6.92 Å². The van der Waals surface area contributed by atoms with Crippen molar-refractivity contribution in [3.8, 4) is 11.4 Å². The van der Waals surface area contributed by atoms with Crippen LogP contribution in [0.4, 0.5) is 0 Å². The summed E-state index contributed by atoms with van der Waals surface area (Å²) in [6.07, 6.45) is 4.42. The fourth-order valence-electron chi connectivity index (χ4n) is 1.90. The van der Waals surface area contributed by atoms with Gasteiger partial charge in [0.1, 0.15) is 0 Å². The van der Waals surface area contributed by atoms with Gasteiger partial charge in [0.05, 0.1) is 5.69 Å². The molecule has 0 radical (unpaired) electrons. The van der Waals surface area contributed by atoms with Crippen molar-refractivity contribution in [1.29, 1.82) is 0 Å². The molecule has 3 rings (SSSR count). The van der Waals surface area contributed by atoms with Gasteiger partial charge in [-0.1, -0.05) is 28.1 Å². The molecule has 2 aromatic rings. The zero-order chi connectivity index (χ0) is 13.2. The first-order chi connectivity index (χ1) is 9.22. The molecular weight excluding hydrogens is 302 g/mol. The van der Waals surface area contributed by atoms with Gasteiger partial charge in [-0.25, -0.2) is 9.97 Å². The molecule has 0 aliphatic heterocycles. The lowest BCUT2D eigenvalue weighted by Gasteiger charge is -2.06. The lowest BCUT2D eigenvalue weighted by Crippen LogP contribution is -2.16. The van der Waals surface area contributed by atoms with Gasteiger partial charge in [-0.2, -0.15) is 0 Å². The standard InChI is InChI=1S/C15H16BrN3/c1-10-2-3-11(8-14(10)16)15-17-7-6-13(19-15)9-18-12-4-5-12/h2-3,6-8,12,18H,4-5,9H2,1H3. The van der Waals surface area contributed by atoms with Crippen LogP contribution in [-0.2, 0) is 6.54 Å². The molecule has 0 saturated heterocycles. The monoisotopic (exact) mass is 317 g/mol. The summed E-state index contributed by atoms with van der Waals surface area (Å²) < 4.78 is 1.09. The van der Waals surface area contributed by atoms with Crippen LogP contribution in [0.3, 0.4) is 0 Å². The highest BCUT2D eigenvalue weighted by atomic mass is 79.9. The van der Waals surface area contributed by atoms with Gasteiger partial charge in [-0.05, 0) is 37.5 Å². The molecule has 98 valence electrons. The molecular formula is C15H16BrN3. The maximum Gasteiger partial charge on any atom is 0.159 e. The molecule has 0 bridgehead atoms. The molecule has 1 N–H and O–H groups in total. The molecule has 1 heterocycles. The van der Waals surface area contributed by atoms with Gasteiger partial charge in [0, 0.05) is 28.8 Å². The van der Waals surface area contributed by atoms with E-state index in [0.29, 0.717) is 6.04 Å². The van der Waals surface area contributed by atoms with Crippen molar-refractivity contribution in [3.05, 3.63) is 46.2 Å². The number of aromatic nitrogens is 2. The molecule has 1 aromatic carbocycles. The largest absolute Gasteiger partial charge is 0.308 e. The van der Waals surface area contributed by atoms with E-state index in [9.17, 15) is 0 Å². The zero-order valence-corrected chi connectivity index (χ0v) is 12.4. The molecule has 0 spiro atoms. The summed E-state index contributed by atoms with van der Waals surface area (Å²) in [7, 11) is 0. The Bertz CT molecular complexity index is 594. The number of rotatable bonds is 4. The summed E-state index contributed by atoms with van der Waals surface area (Å²) in [5, 5.41) is 3.47.